The summed E-state index contributed by atoms with van der Waals surface area (Å²) in [6.45, 7) is 4.97. The van der Waals surface area contributed by atoms with Gasteiger partial charge in [0.2, 0.25) is 0 Å². The Hall–Kier alpha value is -0.600. The van der Waals surface area contributed by atoms with Gasteiger partial charge in [0, 0.05) is 12.6 Å². The SMILES string of the molecule is CC[C@H](C)NCc1ccc(F)c(Cl)c1. The first-order valence-electron chi connectivity index (χ1n) is 4.80. The lowest BCUT2D eigenvalue weighted by atomic mass is 10.2. The molecule has 0 saturated heterocycles. The van der Waals surface area contributed by atoms with Crippen molar-refractivity contribution in [1.82, 2.24) is 5.32 Å². The Morgan fingerprint density at radius 1 is 1.50 bits per heavy atom. The Morgan fingerprint density at radius 3 is 2.79 bits per heavy atom. The number of halogens is 2. The smallest absolute Gasteiger partial charge is 0.141 e. The molecular formula is C11H15ClFN. The van der Waals surface area contributed by atoms with Crippen molar-refractivity contribution in [2.45, 2.75) is 32.9 Å². The standard InChI is InChI=1S/C11H15ClFN/c1-3-8(2)14-7-9-4-5-11(13)10(12)6-9/h4-6,8,14H,3,7H2,1-2H3/t8-/m0/s1. The summed E-state index contributed by atoms with van der Waals surface area (Å²) in [6, 6.07) is 5.28. The van der Waals surface area contributed by atoms with Crippen molar-refractivity contribution in [3.63, 3.8) is 0 Å². The fourth-order valence-electron chi connectivity index (χ4n) is 1.09. The molecule has 0 aliphatic carbocycles. The van der Waals surface area contributed by atoms with E-state index in [1.165, 1.54) is 6.07 Å². The molecule has 0 aromatic heterocycles. The van der Waals surface area contributed by atoms with Gasteiger partial charge in [0.15, 0.2) is 0 Å². The first-order valence-corrected chi connectivity index (χ1v) is 5.18. The van der Waals surface area contributed by atoms with Crippen molar-refractivity contribution in [3.8, 4) is 0 Å². The summed E-state index contributed by atoms with van der Waals surface area (Å²) in [4.78, 5) is 0. The first kappa shape index (κ1) is 11.5. The van der Waals surface area contributed by atoms with E-state index in [-0.39, 0.29) is 10.8 Å². The second-order valence-electron chi connectivity index (χ2n) is 3.44. The zero-order valence-electron chi connectivity index (χ0n) is 8.48. The lowest BCUT2D eigenvalue weighted by Crippen LogP contribution is -2.24. The van der Waals surface area contributed by atoms with E-state index < -0.39 is 0 Å². The van der Waals surface area contributed by atoms with Crippen LogP contribution in [0.15, 0.2) is 18.2 Å². The Morgan fingerprint density at radius 2 is 2.21 bits per heavy atom. The van der Waals surface area contributed by atoms with Crippen molar-refractivity contribution in [1.29, 1.82) is 0 Å². The molecule has 1 aromatic carbocycles. The van der Waals surface area contributed by atoms with Gasteiger partial charge >= 0.3 is 0 Å². The van der Waals surface area contributed by atoms with Crippen LogP contribution in [0.1, 0.15) is 25.8 Å². The minimum atomic E-state index is -0.362. The highest BCUT2D eigenvalue weighted by Crippen LogP contribution is 2.15. The van der Waals surface area contributed by atoms with Gasteiger partial charge < -0.3 is 5.32 Å². The fourth-order valence-corrected chi connectivity index (χ4v) is 1.29. The molecular weight excluding hydrogens is 201 g/mol. The largest absolute Gasteiger partial charge is 0.310 e. The van der Waals surface area contributed by atoms with Gasteiger partial charge in [-0.2, -0.15) is 0 Å². The number of hydrogen-bond donors (Lipinski definition) is 1. The minimum Gasteiger partial charge on any atom is -0.310 e. The van der Waals surface area contributed by atoms with Crippen LogP contribution in [-0.4, -0.2) is 6.04 Å². The van der Waals surface area contributed by atoms with Crippen LogP contribution in [0, 0.1) is 5.82 Å². The first-order chi connectivity index (χ1) is 6.63. The third kappa shape index (κ3) is 3.28. The van der Waals surface area contributed by atoms with Crippen LogP contribution in [0.4, 0.5) is 4.39 Å². The van der Waals surface area contributed by atoms with Gasteiger partial charge in [0.05, 0.1) is 5.02 Å². The zero-order valence-corrected chi connectivity index (χ0v) is 9.24. The molecule has 3 heteroatoms. The molecule has 1 nitrogen and oxygen atoms in total. The normalized spacial score (nSPS) is 12.9. The van der Waals surface area contributed by atoms with E-state index in [0.29, 0.717) is 6.04 Å². The van der Waals surface area contributed by atoms with Gasteiger partial charge in [0.1, 0.15) is 5.82 Å². The summed E-state index contributed by atoms with van der Waals surface area (Å²) in [5.41, 5.74) is 1.01. The summed E-state index contributed by atoms with van der Waals surface area (Å²) in [7, 11) is 0. The summed E-state index contributed by atoms with van der Waals surface area (Å²) in [6.07, 6.45) is 1.08. The van der Waals surface area contributed by atoms with E-state index in [2.05, 4.69) is 19.2 Å². The van der Waals surface area contributed by atoms with Crippen LogP contribution in [0.5, 0.6) is 0 Å². The predicted octanol–water partition coefficient (Wildman–Crippen LogP) is 3.37. The Bertz CT molecular complexity index is 301. The van der Waals surface area contributed by atoms with Gasteiger partial charge in [-0.05, 0) is 31.0 Å². The van der Waals surface area contributed by atoms with E-state index in [1.54, 1.807) is 12.1 Å². The maximum atomic E-state index is 12.8. The van der Waals surface area contributed by atoms with E-state index in [0.717, 1.165) is 18.5 Å². The van der Waals surface area contributed by atoms with Crippen LogP contribution in [0.3, 0.4) is 0 Å². The van der Waals surface area contributed by atoms with Gasteiger partial charge in [-0.1, -0.05) is 24.6 Å². The molecule has 78 valence electrons. The summed E-state index contributed by atoms with van der Waals surface area (Å²) in [5, 5.41) is 3.50. The quantitative estimate of drug-likeness (QED) is 0.812. The molecule has 1 atom stereocenters. The Balaban J connectivity index is 2.55. The fraction of sp³-hybridized carbons (Fsp3) is 0.455. The minimum absolute atomic E-state index is 0.188. The number of rotatable bonds is 4. The van der Waals surface area contributed by atoms with Crippen LogP contribution in [0.2, 0.25) is 5.02 Å². The molecule has 14 heavy (non-hydrogen) atoms. The zero-order chi connectivity index (χ0) is 10.6. The molecule has 0 aliphatic heterocycles. The molecule has 0 bridgehead atoms. The maximum absolute atomic E-state index is 12.8. The highest BCUT2D eigenvalue weighted by Gasteiger charge is 2.02. The molecule has 0 saturated carbocycles. The topological polar surface area (TPSA) is 12.0 Å². The van der Waals surface area contributed by atoms with E-state index in [4.69, 9.17) is 11.6 Å². The Labute approximate surface area is 89.3 Å². The number of hydrogen-bond acceptors (Lipinski definition) is 1. The van der Waals surface area contributed by atoms with Crippen molar-refractivity contribution in [2.75, 3.05) is 0 Å². The van der Waals surface area contributed by atoms with E-state index in [9.17, 15) is 4.39 Å². The lowest BCUT2D eigenvalue weighted by Gasteiger charge is -2.11. The van der Waals surface area contributed by atoms with Crippen LogP contribution in [0.25, 0.3) is 0 Å². The molecule has 0 fully saturated rings. The molecule has 1 rings (SSSR count). The molecule has 0 unspecified atom stereocenters. The number of nitrogens with one attached hydrogen (secondary N) is 1. The summed E-state index contributed by atoms with van der Waals surface area (Å²) >= 11 is 5.66. The summed E-state index contributed by atoms with van der Waals surface area (Å²) in [5.74, 6) is -0.362. The molecule has 0 amide bonds. The van der Waals surface area contributed by atoms with Crippen LogP contribution < -0.4 is 5.32 Å². The highest BCUT2D eigenvalue weighted by molar-refractivity contribution is 6.30. The predicted molar refractivity (Wildman–Crippen MR) is 58.0 cm³/mol. The van der Waals surface area contributed by atoms with Crippen LogP contribution in [-0.2, 0) is 6.54 Å². The van der Waals surface area contributed by atoms with E-state index in [1.807, 2.05) is 0 Å². The van der Waals surface area contributed by atoms with Gasteiger partial charge in [-0.15, -0.1) is 0 Å². The molecule has 1 N–H and O–H groups in total. The highest BCUT2D eigenvalue weighted by atomic mass is 35.5. The molecule has 0 aliphatic rings. The summed E-state index contributed by atoms with van der Waals surface area (Å²) < 4.78 is 12.8. The third-order valence-electron chi connectivity index (χ3n) is 2.25. The van der Waals surface area contributed by atoms with Crippen molar-refractivity contribution in [2.24, 2.45) is 0 Å². The second kappa shape index (κ2) is 5.32. The molecule has 0 radical (unpaired) electrons. The van der Waals surface area contributed by atoms with Crippen molar-refractivity contribution in [3.05, 3.63) is 34.6 Å². The maximum Gasteiger partial charge on any atom is 0.141 e. The average Bonchev–Trinajstić information content (AvgIpc) is 2.19. The van der Waals surface area contributed by atoms with Gasteiger partial charge in [-0.3, -0.25) is 0 Å². The lowest BCUT2D eigenvalue weighted by molar-refractivity contribution is 0.533. The van der Waals surface area contributed by atoms with Crippen molar-refractivity contribution >= 4 is 11.6 Å². The van der Waals surface area contributed by atoms with E-state index >= 15 is 0 Å². The Kier molecular flexibility index (Phi) is 4.36. The van der Waals surface area contributed by atoms with Crippen LogP contribution >= 0.6 is 11.6 Å². The second-order valence-corrected chi connectivity index (χ2v) is 3.85. The molecule has 1 aromatic rings. The third-order valence-corrected chi connectivity index (χ3v) is 2.54. The number of benzene rings is 1. The monoisotopic (exact) mass is 215 g/mol. The molecule has 0 heterocycles. The van der Waals surface area contributed by atoms with Gasteiger partial charge in [-0.25, -0.2) is 4.39 Å². The average molecular weight is 216 g/mol. The molecule has 0 spiro atoms. The van der Waals surface area contributed by atoms with Gasteiger partial charge in [0.25, 0.3) is 0 Å². The van der Waals surface area contributed by atoms with Crippen molar-refractivity contribution < 1.29 is 4.39 Å².